The minimum absolute atomic E-state index is 0.0595. The van der Waals surface area contributed by atoms with Gasteiger partial charge in [-0.3, -0.25) is 10.1 Å². The van der Waals surface area contributed by atoms with Crippen LogP contribution in [0.5, 0.6) is 5.75 Å². The molecule has 0 aromatic heterocycles. The zero-order chi connectivity index (χ0) is 13.9. The van der Waals surface area contributed by atoms with Crippen molar-refractivity contribution in [3.05, 3.63) is 33.9 Å². The van der Waals surface area contributed by atoms with Crippen molar-refractivity contribution in [1.29, 1.82) is 0 Å². The maximum Gasteiger partial charge on any atom is 0.276 e. The van der Waals surface area contributed by atoms with Crippen molar-refractivity contribution in [3.63, 3.8) is 0 Å². The summed E-state index contributed by atoms with van der Waals surface area (Å²) >= 11 is 6.29. The standard InChI is InChI=1S/C13H18ClNO3/c1-13(2,3)12(14)7-9-5-6-10(18-4)8-11(9)15(16)17/h5-6,8,12H,7H2,1-4H3. The van der Waals surface area contributed by atoms with Crippen LogP contribution in [0.4, 0.5) is 5.69 Å². The van der Waals surface area contributed by atoms with Gasteiger partial charge in [-0.2, -0.15) is 0 Å². The first kappa shape index (κ1) is 14.8. The number of ether oxygens (including phenoxy) is 1. The lowest BCUT2D eigenvalue weighted by atomic mass is 9.87. The van der Waals surface area contributed by atoms with Gasteiger partial charge in [0.25, 0.3) is 5.69 Å². The van der Waals surface area contributed by atoms with Crippen molar-refractivity contribution < 1.29 is 9.66 Å². The number of methoxy groups -OCH3 is 1. The highest BCUT2D eigenvalue weighted by Crippen LogP contribution is 2.32. The van der Waals surface area contributed by atoms with E-state index in [1.54, 1.807) is 12.1 Å². The molecule has 0 aliphatic heterocycles. The summed E-state index contributed by atoms with van der Waals surface area (Å²) in [5.74, 6) is 0.479. The third-order valence-electron chi connectivity index (χ3n) is 2.83. The molecule has 1 rings (SSSR count). The maximum absolute atomic E-state index is 11.0. The number of halogens is 1. The molecule has 0 N–H and O–H groups in total. The average molecular weight is 272 g/mol. The molecule has 1 aromatic carbocycles. The van der Waals surface area contributed by atoms with E-state index < -0.39 is 4.92 Å². The normalized spacial score (nSPS) is 13.2. The SMILES string of the molecule is COc1ccc(CC(Cl)C(C)(C)C)c([N+](=O)[O-])c1. The van der Waals surface area contributed by atoms with Crippen LogP contribution in [0.3, 0.4) is 0 Å². The van der Waals surface area contributed by atoms with E-state index in [2.05, 4.69) is 0 Å². The van der Waals surface area contributed by atoms with E-state index in [1.165, 1.54) is 13.2 Å². The monoisotopic (exact) mass is 271 g/mol. The van der Waals surface area contributed by atoms with Gasteiger partial charge in [0, 0.05) is 10.9 Å². The van der Waals surface area contributed by atoms with Gasteiger partial charge >= 0.3 is 0 Å². The Labute approximate surface area is 112 Å². The summed E-state index contributed by atoms with van der Waals surface area (Å²) in [6.45, 7) is 6.04. The fraction of sp³-hybridized carbons (Fsp3) is 0.538. The van der Waals surface area contributed by atoms with Crippen LogP contribution in [-0.2, 0) is 6.42 Å². The van der Waals surface area contributed by atoms with Gasteiger partial charge in [0.2, 0.25) is 0 Å². The van der Waals surface area contributed by atoms with Gasteiger partial charge in [-0.15, -0.1) is 11.6 Å². The fourth-order valence-electron chi connectivity index (χ4n) is 1.51. The largest absolute Gasteiger partial charge is 0.497 e. The van der Waals surface area contributed by atoms with Crippen LogP contribution in [0.1, 0.15) is 26.3 Å². The molecular formula is C13H18ClNO3. The van der Waals surface area contributed by atoms with E-state index in [4.69, 9.17) is 16.3 Å². The molecule has 0 aliphatic carbocycles. The van der Waals surface area contributed by atoms with E-state index in [9.17, 15) is 10.1 Å². The number of nitrogens with zero attached hydrogens (tertiary/aromatic N) is 1. The molecule has 1 unspecified atom stereocenters. The molecule has 0 amide bonds. The maximum atomic E-state index is 11.0. The van der Waals surface area contributed by atoms with Crippen LogP contribution in [0.2, 0.25) is 0 Å². The molecule has 0 saturated carbocycles. The topological polar surface area (TPSA) is 52.4 Å². The lowest BCUT2D eigenvalue weighted by molar-refractivity contribution is -0.385. The van der Waals surface area contributed by atoms with Gasteiger partial charge in [-0.1, -0.05) is 20.8 Å². The van der Waals surface area contributed by atoms with Crippen LogP contribution in [0, 0.1) is 15.5 Å². The summed E-state index contributed by atoms with van der Waals surface area (Å²) in [6, 6.07) is 4.86. The number of nitro groups is 1. The van der Waals surface area contributed by atoms with Crippen LogP contribution in [-0.4, -0.2) is 17.4 Å². The second-order valence-electron chi connectivity index (χ2n) is 5.29. The van der Waals surface area contributed by atoms with Gasteiger partial charge in [0.15, 0.2) is 0 Å². The number of alkyl halides is 1. The number of hydrogen-bond acceptors (Lipinski definition) is 3. The van der Waals surface area contributed by atoms with Crippen LogP contribution < -0.4 is 4.74 Å². The minimum Gasteiger partial charge on any atom is -0.497 e. The van der Waals surface area contributed by atoms with E-state index in [1.807, 2.05) is 20.8 Å². The van der Waals surface area contributed by atoms with Crippen molar-refractivity contribution in [2.45, 2.75) is 32.6 Å². The molecule has 0 heterocycles. The predicted octanol–water partition coefficient (Wildman–Crippen LogP) is 3.80. The van der Waals surface area contributed by atoms with Gasteiger partial charge in [0.1, 0.15) is 5.75 Å². The highest BCUT2D eigenvalue weighted by molar-refractivity contribution is 6.21. The van der Waals surface area contributed by atoms with Gasteiger partial charge in [-0.25, -0.2) is 0 Å². The Kier molecular flexibility index (Phi) is 4.57. The smallest absolute Gasteiger partial charge is 0.276 e. The van der Waals surface area contributed by atoms with E-state index in [-0.39, 0.29) is 16.5 Å². The lowest BCUT2D eigenvalue weighted by Crippen LogP contribution is -2.23. The zero-order valence-electron chi connectivity index (χ0n) is 11.1. The van der Waals surface area contributed by atoms with E-state index >= 15 is 0 Å². The predicted molar refractivity (Wildman–Crippen MR) is 72.4 cm³/mol. The first-order valence-corrected chi connectivity index (χ1v) is 6.14. The molecule has 0 radical (unpaired) electrons. The zero-order valence-corrected chi connectivity index (χ0v) is 11.8. The lowest BCUT2D eigenvalue weighted by Gasteiger charge is -2.25. The molecule has 0 spiro atoms. The molecular weight excluding hydrogens is 254 g/mol. The molecule has 0 saturated heterocycles. The van der Waals surface area contributed by atoms with Crippen molar-refractivity contribution >= 4 is 17.3 Å². The molecule has 0 bridgehead atoms. The Bertz CT molecular complexity index is 440. The minimum atomic E-state index is -0.399. The van der Waals surface area contributed by atoms with Crippen LogP contribution in [0.25, 0.3) is 0 Å². The molecule has 4 nitrogen and oxygen atoms in total. The van der Waals surface area contributed by atoms with E-state index in [0.29, 0.717) is 17.7 Å². The highest BCUT2D eigenvalue weighted by atomic mass is 35.5. The van der Waals surface area contributed by atoms with Gasteiger partial charge in [-0.05, 0) is 24.0 Å². The molecule has 0 fully saturated rings. The number of rotatable bonds is 4. The van der Waals surface area contributed by atoms with Crippen LogP contribution >= 0.6 is 11.6 Å². The van der Waals surface area contributed by atoms with Gasteiger partial charge in [0.05, 0.1) is 18.1 Å². The van der Waals surface area contributed by atoms with Gasteiger partial charge < -0.3 is 4.74 Å². The van der Waals surface area contributed by atoms with Crippen molar-refractivity contribution in [2.75, 3.05) is 7.11 Å². The summed E-state index contributed by atoms with van der Waals surface area (Å²) in [5, 5.41) is 10.9. The number of nitro benzene ring substituents is 1. The van der Waals surface area contributed by atoms with E-state index in [0.717, 1.165) is 0 Å². The Morgan fingerprint density at radius 2 is 2.06 bits per heavy atom. The Balaban J connectivity index is 3.05. The highest BCUT2D eigenvalue weighted by Gasteiger charge is 2.26. The Morgan fingerprint density at radius 3 is 2.50 bits per heavy atom. The summed E-state index contributed by atoms with van der Waals surface area (Å²) in [4.78, 5) is 10.6. The van der Waals surface area contributed by atoms with Crippen LogP contribution in [0.15, 0.2) is 18.2 Å². The second-order valence-corrected chi connectivity index (χ2v) is 5.82. The Morgan fingerprint density at radius 1 is 1.44 bits per heavy atom. The first-order valence-electron chi connectivity index (χ1n) is 5.71. The van der Waals surface area contributed by atoms with Crippen molar-refractivity contribution in [2.24, 2.45) is 5.41 Å². The average Bonchev–Trinajstić information content (AvgIpc) is 2.27. The summed E-state index contributed by atoms with van der Waals surface area (Å²) in [7, 11) is 1.48. The summed E-state index contributed by atoms with van der Waals surface area (Å²) < 4.78 is 4.99. The van der Waals surface area contributed by atoms with Crippen molar-refractivity contribution in [3.8, 4) is 5.75 Å². The molecule has 5 heteroatoms. The fourth-order valence-corrected chi connectivity index (χ4v) is 1.68. The van der Waals surface area contributed by atoms with Crippen molar-refractivity contribution in [1.82, 2.24) is 0 Å². The third kappa shape index (κ3) is 3.60. The molecule has 1 aromatic rings. The number of benzene rings is 1. The molecule has 100 valence electrons. The first-order chi connectivity index (χ1) is 8.25. The Hall–Kier alpha value is -1.29. The number of hydrogen-bond donors (Lipinski definition) is 0. The second kappa shape index (κ2) is 5.57. The quantitative estimate of drug-likeness (QED) is 0.475. The molecule has 1 atom stereocenters. The summed E-state index contributed by atoms with van der Waals surface area (Å²) in [6.07, 6.45) is 0.464. The summed E-state index contributed by atoms with van der Waals surface area (Å²) in [5.41, 5.74) is 0.593. The third-order valence-corrected chi connectivity index (χ3v) is 3.64. The molecule has 18 heavy (non-hydrogen) atoms. The molecule has 0 aliphatic rings.